The van der Waals surface area contributed by atoms with Crippen molar-refractivity contribution in [3.05, 3.63) is 45.9 Å². The van der Waals surface area contributed by atoms with Crippen LogP contribution in [0.5, 0.6) is 0 Å². The van der Waals surface area contributed by atoms with Crippen molar-refractivity contribution in [2.24, 2.45) is 5.92 Å². The number of imidazole rings is 1. The van der Waals surface area contributed by atoms with E-state index < -0.39 is 17.3 Å². The lowest BCUT2D eigenvalue weighted by Crippen LogP contribution is -3.00. The van der Waals surface area contributed by atoms with Gasteiger partial charge < -0.3 is 31.5 Å². The number of rotatable bonds is 4. The molecule has 2 bridgehead atoms. The van der Waals surface area contributed by atoms with E-state index >= 15 is 0 Å². The van der Waals surface area contributed by atoms with E-state index in [2.05, 4.69) is 30.2 Å². The number of H-pyrrole nitrogens is 2. The summed E-state index contributed by atoms with van der Waals surface area (Å²) in [5.74, 6) is 0.0457. The molecule has 6 rings (SSSR count). The monoisotopic (exact) mass is 520 g/mol. The summed E-state index contributed by atoms with van der Waals surface area (Å²) in [7, 11) is 0. The Morgan fingerprint density at radius 2 is 1.91 bits per heavy atom. The Kier molecular flexibility index (Phi) is 6.12. The Morgan fingerprint density at radius 3 is 2.64 bits per heavy atom. The zero-order valence-electron chi connectivity index (χ0n) is 17.4. The molecule has 0 aromatic carbocycles. The second-order valence-electron chi connectivity index (χ2n) is 8.28. The molecule has 14 heteroatoms. The van der Waals surface area contributed by atoms with Gasteiger partial charge >= 0.3 is 11.8 Å². The van der Waals surface area contributed by atoms with Crippen molar-refractivity contribution in [2.75, 3.05) is 31.5 Å². The van der Waals surface area contributed by atoms with Crippen LogP contribution in [0.3, 0.4) is 0 Å². The number of hydrogen-bond acceptors (Lipinski definition) is 8. The summed E-state index contributed by atoms with van der Waals surface area (Å²) in [6, 6.07) is 0. The Morgan fingerprint density at radius 1 is 1.18 bits per heavy atom. The summed E-state index contributed by atoms with van der Waals surface area (Å²) in [6.07, 6.45) is 6.16. The molecule has 3 saturated heterocycles. The fraction of sp³-hybridized carbons (Fsp3) is 0.421. The van der Waals surface area contributed by atoms with Gasteiger partial charge in [-0.3, -0.25) is 19.6 Å². The van der Waals surface area contributed by atoms with E-state index in [0.29, 0.717) is 16.7 Å². The summed E-state index contributed by atoms with van der Waals surface area (Å²) in [5, 5.41) is 2.81. The van der Waals surface area contributed by atoms with Crippen molar-refractivity contribution >= 4 is 28.9 Å². The predicted octanol–water partition coefficient (Wildman–Crippen LogP) is -3.56. The largest absolute Gasteiger partial charge is 1.00 e. The number of aromatic amines is 2. The summed E-state index contributed by atoms with van der Waals surface area (Å²) in [5.41, 5.74) is -0.961. The highest BCUT2D eigenvalue weighted by Crippen LogP contribution is 2.35. The highest BCUT2D eigenvalue weighted by molar-refractivity contribution is 5.91. The van der Waals surface area contributed by atoms with E-state index in [1.807, 2.05) is 0 Å². The molecule has 0 aliphatic carbocycles. The molecule has 0 radical (unpaired) electrons. The van der Waals surface area contributed by atoms with E-state index in [1.165, 1.54) is 18.7 Å². The summed E-state index contributed by atoms with van der Waals surface area (Å²) in [4.78, 5) is 65.0. The molecule has 3 aromatic heterocycles. The molecule has 0 unspecified atom stereocenters. The van der Waals surface area contributed by atoms with Crippen molar-refractivity contribution in [3.8, 4) is 0 Å². The van der Waals surface area contributed by atoms with E-state index in [-0.39, 0.29) is 52.6 Å². The molecular formula is C19H21BrN8O5. The second kappa shape index (κ2) is 8.86. The zero-order chi connectivity index (χ0) is 22.3. The lowest BCUT2D eigenvalue weighted by atomic mass is 9.83. The van der Waals surface area contributed by atoms with Gasteiger partial charge in [0.05, 0.1) is 31.2 Å². The van der Waals surface area contributed by atoms with E-state index in [4.69, 9.17) is 4.74 Å². The quantitative estimate of drug-likeness (QED) is 0.297. The highest BCUT2D eigenvalue weighted by atomic mass is 79.9. The molecule has 174 valence electrons. The third kappa shape index (κ3) is 4.43. The van der Waals surface area contributed by atoms with Crippen molar-refractivity contribution in [3.63, 3.8) is 0 Å². The number of nitrogens with zero attached hydrogens (tertiary/aromatic N) is 5. The first-order chi connectivity index (χ1) is 15.4. The summed E-state index contributed by atoms with van der Waals surface area (Å²) < 4.78 is 7.31. The third-order valence-corrected chi connectivity index (χ3v) is 6.26. The van der Waals surface area contributed by atoms with Crippen LogP contribution in [0.25, 0.3) is 11.2 Å². The number of hydrogen-bond donors (Lipinski definition) is 3. The number of anilines is 1. The number of carbonyl (C=O) groups excluding carboxylic acids is 2. The fourth-order valence-corrected chi connectivity index (χ4v) is 4.71. The van der Waals surface area contributed by atoms with Crippen LogP contribution in [0, 0.1) is 5.92 Å². The van der Waals surface area contributed by atoms with Crippen LogP contribution >= 0.6 is 0 Å². The normalized spacial score (nSPS) is 23.6. The average Bonchev–Trinajstić information content (AvgIpc) is 3.19. The van der Waals surface area contributed by atoms with Crippen LogP contribution in [0.1, 0.15) is 12.8 Å². The smallest absolute Gasteiger partial charge is 0.421 e. The van der Waals surface area contributed by atoms with E-state index in [9.17, 15) is 19.2 Å². The lowest BCUT2D eigenvalue weighted by molar-refractivity contribution is -0.938. The maximum atomic E-state index is 12.8. The molecule has 0 spiro atoms. The van der Waals surface area contributed by atoms with Gasteiger partial charge in [-0.2, -0.15) is 0 Å². The van der Waals surface area contributed by atoms with Gasteiger partial charge in [-0.1, -0.05) is 0 Å². The van der Waals surface area contributed by atoms with Gasteiger partial charge in [0.15, 0.2) is 23.8 Å². The van der Waals surface area contributed by atoms with Gasteiger partial charge in [0.1, 0.15) is 19.2 Å². The first-order valence-electron chi connectivity index (χ1n) is 10.2. The van der Waals surface area contributed by atoms with Gasteiger partial charge in [-0.25, -0.2) is 29.1 Å². The number of carbonyl (C=O) groups is 2. The molecule has 3 aliphatic heterocycles. The van der Waals surface area contributed by atoms with Crippen molar-refractivity contribution < 1.29 is 35.8 Å². The number of ether oxygens (including phenoxy) is 1. The topological polar surface area (TPSA) is 165 Å². The minimum Gasteiger partial charge on any atom is -1.00 e. The molecule has 1 atom stereocenters. The molecule has 33 heavy (non-hydrogen) atoms. The van der Waals surface area contributed by atoms with Crippen LogP contribution in [0.2, 0.25) is 0 Å². The summed E-state index contributed by atoms with van der Waals surface area (Å²) in [6.45, 7) is 2.42. The van der Waals surface area contributed by atoms with E-state index in [1.54, 1.807) is 0 Å². The van der Waals surface area contributed by atoms with Gasteiger partial charge in [0.25, 0.3) is 11.5 Å². The Bertz CT molecular complexity index is 1290. The average molecular weight is 521 g/mol. The van der Waals surface area contributed by atoms with Crippen LogP contribution < -0.4 is 33.5 Å². The number of piperidine rings is 3. The predicted molar refractivity (Wildman–Crippen MR) is 110 cm³/mol. The third-order valence-electron chi connectivity index (χ3n) is 6.26. The van der Waals surface area contributed by atoms with Crippen molar-refractivity contribution in [2.45, 2.75) is 18.9 Å². The Hall–Kier alpha value is -3.39. The number of halogens is 1. The number of quaternary nitrogens is 1. The minimum absolute atomic E-state index is 0. The van der Waals surface area contributed by atoms with Gasteiger partial charge in [-0.15, -0.1) is 0 Å². The Labute approximate surface area is 196 Å². The first-order valence-corrected chi connectivity index (χ1v) is 10.2. The van der Waals surface area contributed by atoms with Gasteiger partial charge in [0, 0.05) is 18.8 Å². The molecule has 6 heterocycles. The Balaban J connectivity index is 0.00000259. The van der Waals surface area contributed by atoms with Gasteiger partial charge in [0.2, 0.25) is 0 Å². The molecule has 0 saturated carbocycles. The SMILES string of the molecule is O=C(C[N+]12CCC(CC1)[C@@H](OC(=O)n1cnc3c(=O)[nH]c(=O)[nH]c31)C2)Nc1cncnc1.[Br-]. The fourth-order valence-electron chi connectivity index (χ4n) is 4.71. The first kappa shape index (κ1) is 22.8. The second-order valence-corrected chi connectivity index (χ2v) is 8.28. The van der Waals surface area contributed by atoms with Crippen LogP contribution in [-0.2, 0) is 9.53 Å². The minimum atomic E-state index is -0.737. The molecule has 3 aromatic rings. The molecule has 13 nitrogen and oxygen atoms in total. The maximum absolute atomic E-state index is 12.8. The molecular weight excluding hydrogens is 500 g/mol. The number of aromatic nitrogens is 6. The zero-order valence-corrected chi connectivity index (χ0v) is 18.9. The van der Waals surface area contributed by atoms with Crippen LogP contribution in [0.15, 0.2) is 34.6 Å². The van der Waals surface area contributed by atoms with Crippen molar-refractivity contribution in [1.29, 1.82) is 0 Å². The molecule has 3 N–H and O–H groups in total. The molecule has 3 fully saturated rings. The highest BCUT2D eigenvalue weighted by Gasteiger charge is 2.48. The van der Waals surface area contributed by atoms with Crippen LogP contribution in [-0.4, -0.2) is 78.3 Å². The molecule has 3 aliphatic rings. The lowest BCUT2D eigenvalue weighted by Gasteiger charge is -2.51. The standard InChI is InChI=1S/C19H20N8O5.BrH/c28-14(23-12-5-20-9-21-6-12)8-27-3-1-11(2-4-27)13(7-27)32-19(31)26-10-22-15-16(26)24-18(30)25-17(15)29;/h5-6,9-11,13H,1-4,7-8H2,(H2-,23,24,25,28,29,30);1H/t11?,13-,27?;/m0./s1. The number of amides is 1. The van der Waals surface area contributed by atoms with Crippen molar-refractivity contribution in [1.82, 2.24) is 29.5 Å². The number of fused-ring (bicyclic) bond motifs is 4. The maximum Gasteiger partial charge on any atom is 0.421 e. The molecule has 1 amide bonds. The number of nitrogens with one attached hydrogen (secondary N) is 3. The summed E-state index contributed by atoms with van der Waals surface area (Å²) >= 11 is 0. The van der Waals surface area contributed by atoms with E-state index in [0.717, 1.165) is 36.8 Å². The van der Waals surface area contributed by atoms with Gasteiger partial charge in [-0.05, 0) is 0 Å². The van der Waals surface area contributed by atoms with Crippen LogP contribution in [0.4, 0.5) is 10.5 Å².